The van der Waals surface area contributed by atoms with Crippen molar-refractivity contribution in [2.24, 2.45) is 0 Å². The molecule has 0 aromatic heterocycles. The Bertz CT molecular complexity index is 198. The van der Waals surface area contributed by atoms with E-state index in [1.165, 1.54) is 7.11 Å². The average Bonchev–Trinajstić information content (AvgIpc) is 2.00. The predicted octanol–water partition coefficient (Wildman–Crippen LogP) is 0.812. The molecule has 3 heteroatoms. The summed E-state index contributed by atoms with van der Waals surface area (Å²) in [6.45, 7) is 7.62. The molecule has 0 aromatic carbocycles. The highest BCUT2D eigenvalue weighted by atomic mass is 16.6. The van der Waals surface area contributed by atoms with E-state index in [1.54, 1.807) is 0 Å². The third-order valence-electron chi connectivity index (χ3n) is 1.86. The summed E-state index contributed by atoms with van der Waals surface area (Å²) in [7, 11) is 1.43. The number of hydrogen-bond donors (Lipinski definition) is 1. The van der Waals surface area contributed by atoms with Gasteiger partial charge < -0.3 is 14.6 Å². The van der Waals surface area contributed by atoms with Crippen molar-refractivity contribution in [2.45, 2.75) is 12.2 Å². The molecule has 11 heavy (non-hydrogen) atoms. The number of rotatable bonds is 1. The molecule has 1 fully saturated rings. The summed E-state index contributed by atoms with van der Waals surface area (Å²) in [5.41, 5.74) is 0.409. The van der Waals surface area contributed by atoms with Crippen molar-refractivity contribution >= 4 is 0 Å². The molecule has 0 bridgehead atoms. The number of ether oxygens (including phenoxy) is 2. The Morgan fingerprint density at radius 1 is 1.64 bits per heavy atom. The number of hydrogen-bond acceptors (Lipinski definition) is 3. The topological polar surface area (TPSA) is 38.7 Å². The van der Waals surface area contributed by atoms with Crippen molar-refractivity contribution in [2.75, 3.05) is 13.7 Å². The summed E-state index contributed by atoms with van der Waals surface area (Å²) in [6.07, 6.45) is 0.404. The summed E-state index contributed by atoms with van der Waals surface area (Å²) >= 11 is 0. The summed E-state index contributed by atoms with van der Waals surface area (Å²) in [6, 6.07) is 0. The van der Waals surface area contributed by atoms with Crippen molar-refractivity contribution < 1.29 is 14.6 Å². The van der Waals surface area contributed by atoms with Crippen LogP contribution in [0.15, 0.2) is 24.5 Å². The quantitative estimate of drug-likeness (QED) is 0.571. The largest absolute Gasteiger partial charge is 0.494 e. The summed E-state index contributed by atoms with van der Waals surface area (Å²) in [4.78, 5) is 0. The minimum atomic E-state index is -1.27. The van der Waals surface area contributed by atoms with Gasteiger partial charge in [-0.05, 0) is 0 Å². The molecule has 62 valence electrons. The second-order valence-corrected chi connectivity index (χ2v) is 2.49. The molecule has 1 aliphatic heterocycles. The van der Waals surface area contributed by atoms with Crippen LogP contribution in [0.25, 0.3) is 0 Å². The van der Waals surface area contributed by atoms with E-state index in [9.17, 15) is 5.11 Å². The van der Waals surface area contributed by atoms with E-state index in [0.717, 1.165) is 0 Å². The Hall–Kier alpha value is -0.800. The van der Waals surface area contributed by atoms with Gasteiger partial charge in [-0.3, -0.25) is 0 Å². The molecule has 0 radical (unpaired) electrons. The van der Waals surface area contributed by atoms with Gasteiger partial charge in [0.15, 0.2) is 5.79 Å². The first-order valence-electron chi connectivity index (χ1n) is 3.39. The van der Waals surface area contributed by atoms with Gasteiger partial charge in [0.1, 0.15) is 5.76 Å². The second kappa shape index (κ2) is 2.68. The Kier molecular flexibility index (Phi) is 2.02. The standard InChI is InChI=1S/C8H12O3/c1-6-7(2)11-5-4-8(6,9)10-3/h9H,1-2,4-5H2,3H3. The molecule has 0 saturated carbocycles. The van der Waals surface area contributed by atoms with E-state index in [0.29, 0.717) is 24.4 Å². The van der Waals surface area contributed by atoms with E-state index in [4.69, 9.17) is 9.47 Å². The molecule has 1 heterocycles. The monoisotopic (exact) mass is 156 g/mol. The predicted molar refractivity (Wildman–Crippen MR) is 40.8 cm³/mol. The summed E-state index contributed by atoms with van der Waals surface area (Å²) in [5.74, 6) is -0.865. The SMILES string of the molecule is C=C1OCCC(O)(OC)C1=C. The van der Waals surface area contributed by atoms with Crippen LogP contribution in [0.1, 0.15) is 6.42 Å². The highest BCUT2D eigenvalue weighted by Crippen LogP contribution is 2.30. The van der Waals surface area contributed by atoms with Gasteiger partial charge in [0, 0.05) is 19.1 Å². The van der Waals surface area contributed by atoms with E-state index in [-0.39, 0.29) is 0 Å². The molecule has 1 unspecified atom stereocenters. The van der Waals surface area contributed by atoms with Crippen molar-refractivity contribution in [3.05, 3.63) is 24.5 Å². The lowest BCUT2D eigenvalue weighted by Gasteiger charge is -2.33. The Morgan fingerprint density at radius 2 is 2.27 bits per heavy atom. The van der Waals surface area contributed by atoms with Crippen LogP contribution in [-0.4, -0.2) is 24.6 Å². The fraction of sp³-hybridized carbons (Fsp3) is 0.500. The zero-order valence-corrected chi connectivity index (χ0v) is 6.59. The first-order chi connectivity index (χ1) is 5.10. The molecule has 3 nitrogen and oxygen atoms in total. The second-order valence-electron chi connectivity index (χ2n) is 2.49. The van der Waals surface area contributed by atoms with Crippen molar-refractivity contribution in [1.82, 2.24) is 0 Å². The van der Waals surface area contributed by atoms with Gasteiger partial charge in [0.05, 0.1) is 6.61 Å². The molecule has 1 N–H and O–H groups in total. The van der Waals surface area contributed by atoms with Crippen LogP contribution in [-0.2, 0) is 9.47 Å². The van der Waals surface area contributed by atoms with Crippen LogP contribution in [0, 0.1) is 0 Å². The maximum absolute atomic E-state index is 9.66. The molecular formula is C8H12O3. The maximum Gasteiger partial charge on any atom is 0.198 e. The van der Waals surface area contributed by atoms with Gasteiger partial charge in [0.2, 0.25) is 0 Å². The third-order valence-corrected chi connectivity index (χ3v) is 1.86. The molecule has 0 aliphatic carbocycles. The van der Waals surface area contributed by atoms with E-state index in [1.807, 2.05) is 0 Å². The lowest BCUT2D eigenvalue weighted by atomic mass is 10.0. The molecule has 1 saturated heterocycles. The van der Waals surface area contributed by atoms with Crippen molar-refractivity contribution in [1.29, 1.82) is 0 Å². The third kappa shape index (κ3) is 1.29. The summed E-state index contributed by atoms with van der Waals surface area (Å²) in [5, 5.41) is 9.66. The van der Waals surface area contributed by atoms with Crippen LogP contribution in [0.5, 0.6) is 0 Å². The highest BCUT2D eigenvalue weighted by molar-refractivity contribution is 5.28. The molecule has 1 atom stereocenters. The first kappa shape index (κ1) is 8.30. The Morgan fingerprint density at radius 3 is 2.73 bits per heavy atom. The van der Waals surface area contributed by atoms with E-state index >= 15 is 0 Å². The molecular weight excluding hydrogens is 144 g/mol. The van der Waals surface area contributed by atoms with Gasteiger partial charge in [-0.25, -0.2) is 0 Å². The van der Waals surface area contributed by atoms with Crippen LogP contribution in [0.3, 0.4) is 0 Å². The average molecular weight is 156 g/mol. The van der Waals surface area contributed by atoms with Gasteiger partial charge in [0.25, 0.3) is 0 Å². The van der Waals surface area contributed by atoms with E-state index < -0.39 is 5.79 Å². The van der Waals surface area contributed by atoms with Gasteiger partial charge >= 0.3 is 0 Å². The minimum absolute atomic E-state index is 0.403. The smallest absolute Gasteiger partial charge is 0.198 e. The molecule has 1 rings (SSSR count). The minimum Gasteiger partial charge on any atom is -0.494 e. The maximum atomic E-state index is 9.66. The van der Waals surface area contributed by atoms with Crippen LogP contribution >= 0.6 is 0 Å². The van der Waals surface area contributed by atoms with Crippen LogP contribution in [0.2, 0.25) is 0 Å². The first-order valence-corrected chi connectivity index (χ1v) is 3.39. The van der Waals surface area contributed by atoms with Gasteiger partial charge in [-0.1, -0.05) is 13.2 Å². The normalized spacial score (nSPS) is 31.8. The van der Waals surface area contributed by atoms with Gasteiger partial charge in [-0.15, -0.1) is 0 Å². The molecule has 0 aromatic rings. The fourth-order valence-corrected chi connectivity index (χ4v) is 0.994. The Balaban J connectivity index is 2.81. The van der Waals surface area contributed by atoms with Crippen molar-refractivity contribution in [3.8, 4) is 0 Å². The molecule has 0 amide bonds. The van der Waals surface area contributed by atoms with Crippen molar-refractivity contribution in [3.63, 3.8) is 0 Å². The number of methoxy groups -OCH3 is 1. The van der Waals surface area contributed by atoms with Gasteiger partial charge in [-0.2, -0.15) is 0 Å². The lowest BCUT2D eigenvalue weighted by Crippen LogP contribution is -2.38. The van der Waals surface area contributed by atoms with Crippen LogP contribution in [0.4, 0.5) is 0 Å². The highest BCUT2D eigenvalue weighted by Gasteiger charge is 2.35. The van der Waals surface area contributed by atoms with Crippen LogP contribution < -0.4 is 0 Å². The Labute approximate surface area is 65.9 Å². The fourth-order valence-electron chi connectivity index (χ4n) is 0.994. The van der Waals surface area contributed by atoms with E-state index in [2.05, 4.69) is 13.2 Å². The zero-order chi connectivity index (χ0) is 8.48. The molecule has 1 aliphatic rings. The molecule has 0 spiro atoms. The summed E-state index contributed by atoms with van der Waals surface area (Å²) < 4.78 is 9.93. The zero-order valence-electron chi connectivity index (χ0n) is 6.59. The lowest BCUT2D eigenvalue weighted by molar-refractivity contribution is -0.177. The number of aliphatic hydroxyl groups is 1.